The summed E-state index contributed by atoms with van der Waals surface area (Å²) in [5.41, 5.74) is 8.00. The molecule has 1 rings (SSSR count). The van der Waals surface area contributed by atoms with E-state index >= 15 is 0 Å². The molecule has 0 heterocycles. The minimum atomic E-state index is -0.522. The van der Waals surface area contributed by atoms with Crippen molar-refractivity contribution in [2.45, 2.75) is 38.6 Å². The van der Waals surface area contributed by atoms with E-state index in [0.717, 1.165) is 16.9 Å². The van der Waals surface area contributed by atoms with Gasteiger partial charge in [0.1, 0.15) is 5.75 Å². The third-order valence-corrected chi connectivity index (χ3v) is 3.11. The zero-order valence-corrected chi connectivity index (χ0v) is 12.4. The van der Waals surface area contributed by atoms with Crippen molar-refractivity contribution >= 4 is 5.91 Å². The fraction of sp³-hybridized carbons (Fsp3) is 0.533. The fourth-order valence-electron chi connectivity index (χ4n) is 2.00. The number of likely N-dealkylation sites (N-methyl/N-ethyl adjacent to an activating group) is 1. The molecular formula is C15H24N2O2. The standard InChI is InChI=1S/C15H24N2O2/c1-15(2,3)11-8-10(6-7-13(11)19-5)9-12(16)14(18)17-4/h6-8,12H,9,16H2,1-5H3,(H,17,18). The van der Waals surface area contributed by atoms with E-state index in [-0.39, 0.29) is 11.3 Å². The second-order valence-corrected chi connectivity index (χ2v) is 5.71. The number of rotatable bonds is 4. The van der Waals surface area contributed by atoms with Crippen LogP contribution in [0.2, 0.25) is 0 Å². The Hall–Kier alpha value is -1.55. The van der Waals surface area contributed by atoms with Gasteiger partial charge in [0.05, 0.1) is 13.2 Å². The van der Waals surface area contributed by atoms with Crippen LogP contribution in [0.15, 0.2) is 18.2 Å². The van der Waals surface area contributed by atoms with E-state index in [2.05, 4.69) is 32.2 Å². The molecular weight excluding hydrogens is 240 g/mol. The van der Waals surface area contributed by atoms with E-state index < -0.39 is 6.04 Å². The van der Waals surface area contributed by atoms with E-state index in [4.69, 9.17) is 10.5 Å². The maximum absolute atomic E-state index is 11.5. The van der Waals surface area contributed by atoms with Crippen molar-refractivity contribution in [1.29, 1.82) is 0 Å². The normalized spacial score (nSPS) is 12.9. The molecule has 0 radical (unpaired) electrons. The Balaban J connectivity index is 3.02. The summed E-state index contributed by atoms with van der Waals surface area (Å²) in [4.78, 5) is 11.5. The lowest BCUT2D eigenvalue weighted by molar-refractivity contribution is -0.121. The number of carbonyl (C=O) groups is 1. The average molecular weight is 264 g/mol. The van der Waals surface area contributed by atoms with E-state index in [1.54, 1.807) is 14.2 Å². The number of hydrogen-bond acceptors (Lipinski definition) is 3. The summed E-state index contributed by atoms with van der Waals surface area (Å²) in [5.74, 6) is 0.720. The molecule has 0 bridgehead atoms. The van der Waals surface area contributed by atoms with Gasteiger partial charge in [-0.1, -0.05) is 32.9 Å². The predicted molar refractivity (Wildman–Crippen MR) is 77.4 cm³/mol. The number of nitrogens with one attached hydrogen (secondary N) is 1. The minimum absolute atomic E-state index is 0.0154. The molecule has 3 N–H and O–H groups in total. The molecule has 0 spiro atoms. The maximum Gasteiger partial charge on any atom is 0.237 e. The van der Waals surface area contributed by atoms with Crippen LogP contribution in [0.1, 0.15) is 31.9 Å². The number of nitrogens with two attached hydrogens (primary N) is 1. The van der Waals surface area contributed by atoms with Gasteiger partial charge in [0, 0.05) is 7.05 Å². The number of benzene rings is 1. The Kier molecular flexibility index (Phi) is 4.95. The third kappa shape index (κ3) is 3.96. The molecule has 0 aromatic heterocycles. The molecule has 1 atom stereocenters. The topological polar surface area (TPSA) is 64.4 Å². The second kappa shape index (κ2) is 6.06. The van der Waals surface area contributed by atoms with Crippen LogP contribution in [-0.2, 0) is 16.6 Å². The van der Waals surface area contributed by atoms with Crippen LogP contribution in [-0.4, -0.2) is 26.1 Å². The Labute approximate surface area is 115 Å². The lowest BCUT2D eigenvalue weighted by atomic mass is 9.84. The summed E-state index contributed by atoms with van der Waals surface area (Å²) >= 11 is 0. The highest BCUT2D eigenvalue weighted by Crippen LogP contribution is 2.32. The van der Waals surface area contributed by atoms with Gasteiger partial charge in [0.25, 0.3) is 0 Å². The summed E-state index contributed by atoms with van der Waals surface area (Å²) in [5, 5.41) is 2.56. The Morgan fingerprint density at radius 3 is 2.53 bits per heavy atom. The molecule has 0 saturated carbocycles. The highest BCUT2D eigenvalue weighted by atomic mass is 16.5. The monoisotopic (exact) mass is 264 g/mol. The molecule has 0 saturated heterocycles. The molecule has 0 aliphatic rings. The molecule has 4 nitrogen and oxygen atoms in total. The Morgan fingerprint density at radius 2 is 2.05 bits per heavy atom. The van der Waals surface area contributed by atoms with Crippen LogP contribution in [0.3, 0.4) is 0 Å². The number of ether oxygens (including phenoxy) is 1. The van der Waals surface area contributed by atoms with Crippen molar-refractivity contribution in [1.82, 2.24) is 5.32 Å². The van der Waals surface area contributed by atoms with Crippen LogP contribution in [0, 0.1) is 0 Å². The van der Waals surface area contributed by atoms with E-state index in [1.807, 2.05) is 12.1 Å². The molecule has 1 amide bonds. The Morgan fingerprint density at radius 1 is 1.42 bits per heavy atom. The molecule has 1 unspecified atom stereocenters. The first-order chi connectivity index (χ1) is 8.79. The molecule has 106 valence electrons. The number of amides is 1. The highest BCUT2D eigenvalue weighted by molar-refractivity contribution is 5.81. The lowest BCUT2D eigenvalue weighted by Crippen LogP contribution is -2.40. The van der Waals surface area contributed by atoms with Crippen LogP contribution in [0.4, 0.5) is 0 Å². The van der Waals surface area contributed by atoms with Crippen LogP contribution < -0.4 is 15.8 Å². The molecule has 19 heavy (non-hydrogen) atoms. The Bertz CT molecular complexity index is 450. The van der Waals surface area contributed by atoms with Crippen molar-refractivity contribution in [2.75, 3.05) is 14.2 Å². The van der Waals surface area contributed by atoms with Crippen LogP contribution in [0.5, 0.6) is 5.75 Å². The first-order valence-corrected chi connectivity index (χ1v) is 6.44. The molecule has 0 aliphatic carbocycles. The van der Waals surface area contributed by atoms with Crippen LogP contribution >= 0.6 is 0 Å². The first kappa shape index (κ1) is 15.5. The summed E-state index contributed by atoms with van der Waals surface area (Å²) in [6.07, 6.45) is 0.521. The molecule has 0 fully saturated rings. The molecule has 1 aromatic rings. The quantitative estimate of drug-likeness (QED) is 0.868. The predicted octanol–water partition coefficient (Wildman–Crippen LogP) is 1.61. The molecule has 4 heteroatoms. The summed E-state index contributed by atoms with van der Waals surface area (Å²) in [6.45, 7) is 6.40. The smallest absolute Gasteiger partial charge is 0.237 e. The van der Waals surface area contributed by atoms with Gasteiger partial charge in [-0.15, -0.1) is 0 Å². The first-order valence-electron chi connectivity index (χ1n) is 6.44. The van der Waals surface area contributed by atoms with Gasteiger partial charge < -0.3 is 15.8 Å². The minimum Gasteiger partial charge on any atom is -0.496 e. The van der Waals surface area contributed by atoms with E-state index in [1.165, 1.54) is 0 Å². The van der Waals surface area contributed by atoms with Crippen molar-refractivity contribution in [3.05, 3.63) is 29.3 Å². The molecule has 0 aliphatic heterocycles. The zero-order valence-electron chi connectivity index (χ0n) is 12.4. The van der Waals surface area contributed by atoms with Crippen molar-refractivity contribution in [2.24, 2.45) is 5.73 Å². The van der Waals surface area contributed by atoms with E-state index in [9.17, 15) is 4.79 Å². The number of hydrogen-bond donors (Lipinski definition) is 2. The van der Waals surface area contributed by atoms with Crippen molar-refractivity contribution < 1.29 is 9.53 Å². The average Bonchev–Trinajstić information content (AvgIpc) is 2.36. The highest BCUT2D eigenvalue weighted by Gasteiger charge is 2.20. The maximum atomic E-state index is 11.5. The van der Waals surface area contributed by atoms with Gasteiger partial charge in [-0.3, -0.25) is 4.79 Å². The summed E-state index contributed by atoms with van der Waals surface area (Å²) in [6, 6.07) is 5.44. The summed E-state index contributed by atoms with van der Waals surface area (Å²) < 4.78 is 5.39. The zero-order chi connectivity index (χ0) is 14.6. The lowest BCUT2D eigenvalue weighted by Gasteiger charge is -2.23. The van der Waals surface area contributed by atoms with Crippen molar-refractivity contribution in [3.63, 3.8) is 0 Å². The number of carbonyl (C=O) groups excluding carboxylic acids is 1. The molecule has 1 aromatic carbocycles. The fourth-order valence-corrected chi connectivity index (χ4v) is 2.00. The van der Waals surface area contributed by atoms with Gasteiger partial charge in [-0.2, -0.15) is 0 Å². The van der Waals surface area contributed by atoms with Gasteiger partial charge in [0.15, 0.2) is 0 Å². The third-order valence-electron chi connectivity index (χ3n) is 3.11. The van der Waals surface area contributed by atoms with Crippen molar-refractivity contribution in [3.8, 4) is 5.75 Å². The summed E-state index contributed by atoms with van der Waals surface area (Å²) in [7, 11) is 3.26. The number of methoxy groups -OCH3 is 1. The SMILES string of the molecule is CNC(=O)C(N)Cc1ccc(OC)c(C(C)(C)C)c1. The largest absolute Gasteiger partial charge is 0.496 e. The van der Waals surface area contributed by atoms with Gasteiger partial charge in [-0.25, -0.2) is 0 Å². The van der Waals surface area contributed by atoms with Gasteiger partial charge >= 0.3 is 0 Å². The van der Waals surface area contributed by atoms with Crippen LogP contribution in [0.25, 0.3) is 0 Å². The van der Waals surface area contributed by atoms with Gasteiger partial charge in [-0.05, 0) is 29.0 Å². The van der Waals surface area contributed by atoms with Gasteiger partial charge in [0.2, 0.25) is 5.91 Å². The second-order valence-electron chi connectivity index (χ2n) is 5.71. The van der Waals surface area contributed by atoms with E-state index in [0.29, 0.717) is 6.42 Å².